The summed E-state index contributed by atoms with van der Waals surface area (Å²) in [4.78, 5) is 0. The highest BCUT2D eigenvalue weighted by Gasteiger charge is 2.04. The first-order chi connectivity index (χ1) is 4.70. The summed E-state index contributed by atoms with van der Waals surface area (Å²) in [6.45, 7) is 4.16. The largest absolute Gasteiger partial charge is 0.388 e. The van der Waals surface area contributed by atoms with Gasteiger partial charge in [0.05, 0.1) is 5.84 Å². The summed E-state index contributed by atoms with van der Waals surface area (Å²) in [7, 11) is 0. The Morgan fingerprint density at radius 3 is 2.60 bits per heavy atom. The third kappa shape index (κ3) is 4.09. The maximum atomic E-state index is 6.99. The molecule has 0 spiro atoms. The van der Waals surface area contributed by atoms with Gasteiger partial charge in [0.15, 0.2) is 0 Å². The second-order valence-electron chi connectivity index (χ2n) is 2.36. The van der Waals surface area contributed by atoms with Crippen LogP contribution in [-0.4, -0.2) is 12.4 Å². The number of allylic oxidation sites excluding steroid dienone is 1. The number of nitrogens with two attached hydrogens (primary N) is 2. The third-order valence-corrected chi connectivity index (χ3v) is 1.34. The van der Waals surface area contributed by atoms with Crippen LogP contribution in [0.15, 0.2) is 12.7 Å². The molecule has 0 unspecified atom stereocenters. The van der Waals surface area contributed by atoms with Crippen LogP contribution >= 0.6 is 0 Å². The summed E-state index contributed by atoms with van der Waals surface area (Å²) >= 11 is 0. The van der Waals surface area contributed by atoms with Gasteiger partial charge in [-0.1, -0.05) is 6.08 Å². The Labute approximate surface area is 61.6 Å². The van der Waals surface area contributed by atoms with Crippen molar-refractivity contribution in [2.75, 3.05) is 6.54 Å². The number of hydrogen-bond donors (Lipinski definition) is 3. The van der Waals surface area contributed by atoms with Crippen molar-refractivity contribution in [3.05, 3.63) is 12.7 Å². The van der Waals surface area contributed by atoms with Crippen LogP contribution in [0.5, 0.6) is 0 Å². The zero-order valence-electron chi connectivity index (χ0n) is 6.14. The lowest BCUT2D eigenvalue weighted by Gasteiger charge is -2.09. The summed E-state index contributed by atoms with van der Waals surface area (Å²) in [6.07, 6.45) is 3.24. The van der Waals surface area contributed by atoms with Crippen LogP contribution < -0.4 is 11.5 Å². The molecular formula is C7H15N3. The van der Waals surface area contributed by atoms with E-state index in [4.69, 9.17) is 16.9 Å². The summed E-state index contributed by atoms with van der Waals surface area (Å²) in [5.74, 6) is 0.507. The summed E-state index contributed by atoms with van der Waals surface area (Å²) < 4.78 is 0. The molecule has 3 heteroatoms. The summed E-state index contributed by atoms with van der Waals surface area (Å²) in [5.41, 5.74) is 10.6. The predicted octanol–water partition coefficient (Wildman–Crippen LogP) is 0.463. The van der Waals surface area contributed by atoms with E-state index < -0.39 is 0 Å². The molecule has 10 heavy (non-hydrogen) atoms. The van der Waals surface area contributed by atoms with Crippen molar-refractivity contribution in [2.24, 2.45) is 17.4 Å². The zero-order valence-corrected chi connectivity index (χ0v) is 6.14. The van der Waals surface area contributed by atoms with Gasteiger partial charge >= 0.3 is 0 Å². The lowest BCUT2D eigenvalue weighted by atomic mass is 10.0. The van der Waals surface area contributed by atoms with Gasteiger partial charge in [0, 0.05) is 6.42 Å². The van der Waals surface area contributed by atoms with Crippen LogP contribution in [0, 0.1) is 11.3 Å². The van der Waals surface area contributed by atoms with Crippen molar-refractivity contribution in [2.45, 2.75) is 12.8 Å². The molecule has 0 aliphatic rings. The van der Waals surface area contributed by atoms with Gasteiger partial charge < -0.3 is 11.5 Å². The minimum Gasteiger partial charge on any atom is -0.388 e. The zero-order chi connectivity index (χ0) is 7.98. The first-order valence-electron chi connectivity index (χ1n) is 3.34. The Hall–Kier alpha value is -0.830. The second-order valence-corrected chi connectivity index (χ2v) is 2.36. The van der Waals surface area contributed by atoms with Gasteiger partial charge in [0.1, 0.15) is 0 Å². The molecule has 0 fully saturated rings. The highest BCUT2D eigenvalue weighted by Crippen LogP contribution is 2.05. The van der Waals surface area contributed by atoms with Gasteiger partial charge in [0.2, 0.25) is 0 Å². The standard InChI is InChI=1S/C7H15N3/c1-2-3-6(5-8)4-7(9)10/h2,6H,1,3-5,8H2,(H3,9,10)/t6-/m0/s1. The maximum absolute atomic E-state index is 6.99. The van der Waals surface area contributed by atoms with E-state index in [0.717, 1.165) is 6.42 Å². The smallest absolute Gasteiger partial charge is 0.0908 e. The minimum absolute atomic E-state index is 0.206. The molecule has 58 valence electrons. The molecule has 5 N–H and O–H groups in total. The average Bonchev–Trinajstić information content (AvgIpc) is 1.86. The molecule has 0 bridgehead atoms. The van der Waals surface area contributed by atoms with E-state index in [9.17, 15) is 0 Å². The Bertz CT molecular complexity index is 120. The van der Waals surface area contributed by atoms with Gasteiger partial charge in [-0.15, -0.1) is 6.58 Å². The maximum Gasteiger partial charge on any atom is 0.0908 e. The number of amidine groups is 1. The molecule has 0 saturated carbocycles. The van der Waals surface area contributed by atoms with Gasteiger partial charge in [-0.25, -0.2) is 0 Å². The number of nitrogens with one attached hydrogen (secondary N) is 1. The molecule has 3 nitrogen and oxygen atoms in total. The van der Waals surface area contributed by atoms with E-state index in [-0.39, 0.29) is 5.84 Å². The molecule has 0 heterocycles. The van der Waals surface area contributed by atoms with Crippen molar-refractivity contribution >= 4 is 5.84 Å². The van der Waals surface area contributed by atoms with E-state index in [0.29, 0.717) is 18.9 Å². The molecular weight excluding hydrogens is 126 g/mol. The fourth-order valence-electron chi connectivity index (χ4n) is 0.810. The fraction of sp³-hybridized carbons (Fsp3) is 0.571. The van der Waals surface area contributed by atoms with Crippen molar-refractivity contribution in [1.82, 2.24) is 0 Å². The van der Waals surface area contributed by atoms with Gasteiger partial charge in [-0.2, -0.15) is 0 Å². The first kappa shape index (κ1) is 9.17. The minimum atomic E-state index is 0.206. The van der Waals surface area contributed by atoms with Crippen LogP contribution in [0.25, 0.3) is 0 Å². The van der Waals surface area contributed by atoms with Gasteiger partial charge in [0.25, 0.3) is 0 Å². The normalized spacial score (nSPS) is 12.5. The lowest BCUT2D eigenvalue weighted by molar-refractivity contribution is 0.567. The van der Waals surface area contributed by atoms with E-state index >= 15 is 0 Å². The monoisotopic (exact) mass is 141 g/mol. The molecule has 0 aromatic heterocycles. The Kier molecular flexibility index (Phi) is 4.58. The fourth-order valence-corrected chi connectivity index (χ4v) is 0.810. The lowest BCUT2D eigenvalue weighted by Crippen LogP contribution is -2.21. The molecule has 0 aliphatic heterocycles. The molecule has 0 aromatic rings. The second kappa shape index (κ2) is 4.99. The average molecular weight is 141 g/mol. The summed E-state index contributed by atoms with van der Waals surface area (Å²) in [5, 5.41) is 6.99. The highest BCUT2D eigenvalue weighted by molar-refractivity contribution is 5.77. The molecule has 0 radical (unpaired) electrons. The quantitative estimate of drug-likeness (QED) is 0.295. The van der Waals surface area contributed by atoms with E-state index in [1.54, 1.807) is 6.08 Å². The SMILES string of the molecule is C=CC[C@H](CN)CC(=N)N. The van der Waals surface area contributed by atoms with Crippen molar-refractivity contribution in [3.8, 4) is 0 Å². The van der Waals surface area contributed by atoms with Gasteiger partial charge in [-0.3, -0.25) is 5.41 Å². The van der Waals surface area contributed by atoms with E-state index in [2.05, 4.69) is 6.58 Å². The molecule has 0 aromatic carbocycles. The third-order valence-electron chi connectivity index (χ3n) is 1.34. The molecule has 0 aliphatic carbocycles. The highest BCUT2D eigenvalue weighted by atomic mass is 14.7. The topological polar surface area (TPSA) is 75.9 Å². The van der Waals surface area contributed by atoms with Crippen LogP contribution in [0.1, 0.15) is 12.8 Å². The molecule has 0 rings (SSSR count). The van der Waals surface area contributed by atoms with Gasteiger partial charge in [-0.05, 0) is 18.9 Å². The van der Waals surface area contributed by atoms with Crippen LogP contribution in [-0.2, 0) is 0 Å². The molecule has 1 atom stereocenters. The molecule has 0 amide bonds. The number of rotatable bonds is 5. The Morgan fingerprint density at radius 1 is 1.70 bits per heavy atom. The Balaban J connectivity index is 3.59. The van der Waals surface area contributed by atoms with Crippen LogP contribution in [0.4, 0.5) is 0 Å². The first-order valence-corrected chi connectivity index (χ1v) is 3.34. The summed E-state index contributed by atoms with van der Waals surface area (Å²) in [6, 6.07) is 0. The van der Waals surface area contributed by atoms with E-state index in [1.807, 2.05) is 0 Å². The van der Waals surface area contributed by atoms with Crippen molar-refractivity contribution < 1.29 is 0 Å². The predicted molar refractivity (Wildman–Crippen MR) is 43.9 cm³/mol. The molecule has 0 saturated heterocycles. The van der Waals surface area contributed by atoms with Crippen LogP contribution in [0.2, 0.25) is 0 Å². The number of hydrogen-bond acceptors (Lipinski definition) is 2. The van der Waals surface area contributed by atoms with Crippen molar-refractivity contribution in [1.29, 1.82) is 5.41 Å². The van der Waals surface area contributed by atoms with Crippen molar-refractivity contribution in [3.63, 3.8) is 0 Å². The Morgan fingerprint density at radius 2 is 2.30 bits per heavy atom. The van der Waals surface area contributed by atoms with E-state index in [1.165, 1.54) is 0 Å². The van der Waals surface area contributed by atoms with Crippen LogP contribution in [0.3, 0.4) is 0 Å².